The number of aryl methyl sites for hydroxylation is 1. The lowest BCUT2D eigenvalue weighted by atomic mass is 10.1. The maximum Gasteiger partial charge on any atom is 0.328 e. The Kier molecular flexibility index (Phi) is 2.44. The number of fused-ring (bicyclic) bond motifs is 1. The summed E-state index contributed by atoms with van der Waals surface area (Å²) < 4.78 is 1.34. The highest BCUT2D eigenvalue weighted by Crippen LogP contribution is 2.28. The van der Waals surface area contributed by atoms with Crippen LogP contribution < -0.4 is 11.2 Å². The van der Waals surface area contributed by atoms with Gasteiger partial charge in [-0.25, -0.2) is 4.79 Å². The van der Waals surface area contributed by atoms with Gasteiger partial charge in [-0.15, -0.1) is 0 Å². The third kappa shape index (κ3) is 1.70. The summed E-state index contributed by atoms with van der Waals surface area (Å²) in [7, 11) is 0. The summed E-state index contributed by atoms with van der Waals surface area (Å²) in [5.74, 6) is 0. The van der Waals surface area contributed by atoms with E-state index in [1.807, 2.05) is 12.1 Å². The summed E-state index contributed by atoms with van der Waals surface area (Å²) in [6, 6.07) is 9.52. The molecule has 1 aliphatic carbocycles. The molecule has 3 rings (SSSR count). The van der Waals surface area contributed by atoms with E-state index in [2.05, 4.69) is 17.1 Å². The maximum atomic E-state index is 11.9. The van der Waals surface area contributed by atoms with E-state index in [4.69, 9.17) is 0 Å². The first kappa shape index (κ1) is 11.0. The Morgan fingerprint density at radius 1 is 1.17 bits per heavy atom. The number of aromatic nitrogens is 2. The number of rotatable bonds is 1. The largest absolute Gasteiger partial charge is 0.328 e. The molecule has 0 spiro atoms. The molecular formula is C14H14N2O2. The number of aromatic amines is 1. The van der Waals surface area contributed by atoms with Crippen molar-refractivity contribution >= 4 is 0 Å². The van der Waals surface area contributed by atoms with E-state index in [-0.39, 0.29) is 17.3 Å². The van der Waals surface area contributed by atoms with E-state index in [9.17, 15) is 9.59 Å². The Bertz CT molecular complexity index is 656. The van der Waals surface area contributed by atoms with Gasteiger partial charge in [0.05, 0.1) is 0 Å². The Balaban J connectivity index is 2.06. The summed E-state index contributed by atoms with van der Waals surface area (Å²) in [5.41, 5.74) is 2.55. The summed E-state index contributed by atoms with van der Waals surface area (Å²) in [6.45, 7) is 1.72. The van der Waals surface area contributed by atoms with Gasteiger partial charge in [0, 0.05) is 17.8 Å². The van der Waals surface area contributed by atoms with Crippen molar-refractivity contribution in [2.75, 3.05) is 0 Å². The van der Waals surface area contributed by atoms with Crippen molar-refractivity contribution in [2.24, 2.45) is 0 Å². The number of nitrogens with one attached hydrogen (secondary N) is 1. The molecule has 0 unspecified atom stereocenters. The molecule has 0 aliphatic heterocycles. The molecule has 1 aliphatic rings. The van der Waals surface area contributed by atoms with E-state index in [1.54, 1.807) is 6.92 Å². The second-order valence-corrected chi connectivity index (χ2v) is 4.80. The van der Waals surface area contributed by atoms with Crippen LogP contribution in [0.15, 0.2) is 39.9 Å². The molecule has 18 heavy (non-hydrogen) atoms. The highest BCUT2D eigenvalue weighted by molar-refractivity contribution is 5.32. The molecule has 0 radical (unpaired) electrons. The minimum absolute atomic E-state index is 0.0563. The van der Waals surface area contributed by atoms with Gasteiger partial charge in [0.1, 0.15) is 0 Å². The topological polar surface area (TPSA) is 54.9 Å². The Morgan fingerprint density at radius 3 is 2.33 bits per heavy atom. The molecule has 0 fully saturated rings. The smallest absolute Gasteiger partial charge is 0.311 e. The zero-order valence-electron chi connectivity index (χ0n) is 10.1. The molecule has 0 saturated heterocycles. The number of benzene rings is 1. The fourth-order valence-corrected chi connectivity index (χ4v) is 2.68. The summed E-state index contributed by atoms with van der Waals surface area (Å²) in [6.07, 6.45) is 1.50. The van der Waals surface area contributed by atoms with Crippen LogP contribution in [-0.2, 0) is 12.8 Å². The van der Waals surface area contributed by atoms with Crippen molar-refractivity contribution < 1.29 is 0 Å². The van der Waals surface area contributed by atoms with Crippen LogP contribution in [0.5, 0.6) is 0 Å². The van der Waals surface area contributed by atoms with Gasteiger partial charge in [0.25, 0.3) is 5.56 Å². The molecule has 1 heterocycles. The quantitative estimate of drug-likeness (QED) is 0.816. The van der Waals surface area contributed by atoms with Crippen LogP contribution in [0.3, 0.4) is 0 Å². The van der Waals surface area contributed by atoms with Crippen LogP contribution in [-0.4, -0.2) is 9.55 Å². The Morgan fingerprint density at radius 2 is 1.78 bits per heavy atom. The predicted octanol–water partition coefficient (Wildman–Crippen LogP) is 1.18. The van der Waals surface area contributed by atoms with Gasteiger partial charge in [-0.2, -0.15) is 0 Å². The molecule has 0 amide bonds. The van der Waals surface area contributed by atoms with Crippen molar-refractivity contribution in [1.29, 1.82) is 0 Å². The van der Waals surface area contributed by atoms with Gasteiger partial charge in [-0.1, -0.05) is 24.3 Å². The fraction of sp³-hybridized carbons (Fsp3) is 0.286. The SMILES string of the molecule is Cc1cc(=O)n(C2Cc3ccccc3C2)c(=O)[nH]1. The molecule has 0 saturated carbocycles. The Hall–Kier alpha value is -2.10. The van der Waals surface area contributed by atoms with E-state index < -0.39 is 0 Å². The molecule has 4 heteroatoms. The summed E-state index contributed by atoms with van der Waals surface area (Å²) in [4.78, 5) is 26.5. The van der Waals surface area contributed by atoms with Gasteiger partial charge in [-0.3, -0.25) is 9.36 Å². The van der Waals surface area contributed by atoms with E-state index >= 15 is 0 Å². The van der Waals surface area contributed by atoms with Crippen molar-refractivity contribution in [2.45, 2.75) is 25.8 Å². The second-order valence-electron chi connectivity index (χ2n) is 4.80. The van der Waals surface area contributed by atoms with Crippen LogP contribution in [0, 0.1) is 6.92 Å². The first-order chi connectivity index (χ1) is 8.65. The van der Waals surface area contributed by atoms with Crippen LogP contribution in [0.4, 0.5) is 0 Å². The van der Waals surface area contributed by atoms with Crippen LogP contribution in [0.2, 0.25) is 0 Å². The highest BCUT2D eigenvalue weighted by Gasteiger charge is 2.24. The number of hydrogen-bond acceptors (Lipinski definition) is 2. The number of H-pyrrole nitrogens is 1. The highest BCUT2D eigenvalue weighted by atomic mass is 16.2. The lowest BCUT2D eigenvalue weighted by Gasteiger charge is -2.11. The molecule has 2 aromatic rings. The molecule has 4 nitrogen and oxygen atoms in total. The summed E-state index contributed by atoms with van der Waals surface area (Å²) in [5, 5.41) is 0. The molecule has 1 N–H and O–H groups in total. The third-order valence-electron chi connectivity index (χ3n) is 3.49. The number of nitrogens with zero attached hydrogens (tertiary/aromatic N) is 1. The summed E-state index contributed by atoms with van der Waals surface area (Å²) >= 11 is 0. The lowest BCUT2D eigenvalue weighted by Crippen LogP contribution is -2.38. The molecule has 92 valence electrons. The molecule has 0 bridgehead atoms. The minimum atomic E-state index is -0.308. The van der Waals surface area contributed by atoms with Crippen molar-refractivity contribution in [1.82, 2.24) is 9.55 Å². The normalized spacial score (nSPS) is 14.7. The maximum absolute atomic E-state index is 11.9. The third-order valence-corrected chi connectivity index (χ3v) is 3.49. The first-order valence-corrected chi connectivity index (χ1v) is 6.04. The monoisotopic (exact) mass is 242 g/mol. The predicted molar refractivity (Wildman–Crippen MR) is 68.9 cm³/mol. The molecular weight excluding hydrogens is 228 g/mol. The average Bonchev–Trinajstić information content (AvgIpc) is 2.70. The zero-order valence-corrected chi connectivity index (χ0v) is 10.1. The van der Waals surface area contributed by atoms with Crippen molar-refractivity contribution in [3.05, 3.63) is 68.0 Å². The van der Waals surface area contributed by atoms with Gasteiger partial charge >= 0.3 is 5.69 Å². The number of hydrogen-bond donors (Lipinski definition) is 1. The van der Waals surface area contributed by atoms with Gasteiger partial charge in [-0.05, 0) is 30.9 Å². The van der Waals surface area contributed by atoms with Crippen molar-refractivity contribution in [3.63, 3.8) is 0 Å². The van der Waals surface area contributed by atoms with Gasteiger partial charge in [0.15, 0.2) is 0 Å². The lowest BCUT2D eigenvalue weighted by molar-refractivity contribution is 0.486. The van der Waals surface area contributed by atoms with E-state index in [0.29, 0.717) is 5.69 Å². The Labute approximate surface area is 104 Å². The average molecular weight is 242 g/mol. The van der Waals surface area contributed by atoms with Gasteiger partial charge < -0.3 is 4.98 Å². The second kappa shape index (κ2) is 3.98. The zero-order chi connectivity index (χ0) is 12.7. The standard InChI is InChI=1S/C14H14N2O2/c1-9-6-13(17)16(14(18)15-9)12-7-10-4-2-3-5-11(10)8-12/h2-6,12H,7-8H2,1H3,(H,15,18). The van der Waals surface area contributed by atoms with E-state index in [1.165, 1.54) is 21.8 Å². The van der Waals surface area contributed by atoms with E-state index in [0.717, 1.165) is 12.8 Å². The molecule has 1 aromatic carbocycles. The minimum Gasteiger partial charge on any atom is -0.311 e. The molecule has 1 aromatic heterocycles. The van der Waals surface area contributed by atoms with Crippen LogP contribution in [0.1, 0.15) is 22.9 Å². The fourth-order valence-electron chi connectivity index (χ4n) is 2.68. The van der Waals surface area contributed by atoms with Gasteiger partial charge in [0.2, 0.25) is 0 Å². The molecule has 0 atom stereocenters. The first-order valence-electron chi connectivity index (χ1n) is 6.04. The van der Waals surface area contributed by atoms with Crippen LogP contribution in [0.25, 0.3) is 0 Å². The van der Waals surface area contributed by atoms with Crippen LogP contribution >= 0.6 is 0 Å². The van der Waals surface area contributed by atoms with Crippen molar-refractivity contribution in [3.8, 4) is 0 Å².